The molecule has 1 atom stereocenters. The minimum absolute atomic E-state index is 0.587. The van der Waals surface area contributed by atoms with Gasteiger partial charge in [0.15, 0.2) is 0 Å². The van der Waals surface area contributed by atoms with Gasteiger partial charge >= 0.3 is 0 Å². The van der Waals surface area contributed by atoms with Crippen molar-refractivity contribution in [1.82, 2.24) is 5.32 Å². The lowest BCUT2D eigenvalue weighted by Crippen LogP contribution is -2.32. The van der Waals surface area contributed by atoms with Gasteiger partial charge in [-0.05, 0) is 38.5 Å². The predicted molar refractivity (Wildman–Crippen MR) is 67.4 cm³/mol. The maximum absolute atomic E-state index is 4.60. The second-order valence-corrected chi connectivity index (χ2v) is 5.16. The van der Waals surface area contributed by atoms with Gasteiger partial charge in [0.1, 0.15) is 0 Å². The zero-order chi connectivity index (χ0) is 11.1. The molecule has 2 heteroatoms. The summed E-state index contributed by atoms with van der Waals surface area (Å²) < 4.78 is 0. The highest BCUT2D eigenvalue weighted by Gasteiger charge is 2.08. The second kappa shape index (κ2) is 6.86. The van der Waals surface area contributed by atoms with Gasteiger partial charge in [-0.2, -0.15) is 0 Å². The first kappa shape index (κ1) is 12.5. The van der Waals surface area contributed by atoms with Crippen molar-refractivity contribution in [3.8, 4) is 0 Å². The zero-order valence-corrected chi connectivity index (χ0v) is 10.6. The lowest BCUT2D eigenvalue weighted by Gasteiger charge is -2.17. The van der Waals surface area contributed by atoms with Crippen LogP contribution in [-0.2, 0) is 0 Å². The van der Waals surface area contributed by atoms with E-state index in [1.54, 1.807) is 0 Å². The molecular formula is C13H26N2. The van der Waals surface area contributed by atoms with Crippen LogP contribution in [0.2, 0.25) is 0 Å². The molecule has 0 spiro atoms. The molecule has 0 aromatic rings. The molecule has 0 fully saturated rings. The molecule has 1 heterocycles. The van der Waals surface area contributed by atoms with Crippen molar-refractivity contribution in [3.05, 3.63) is 0 Å². The number of nitrogens with zero attached hydrogens (tertiary/aromatic N) is 1. The molecule has 0 radical (unpaired) electrons. The Morgan fingerprint density at radius 2 is 1.93 bits per heavy atom. The van der Waals surface area contributed by atoms with Crippen molar-refractivity contribution in [1.29, 1.82) is 0 Å². The number of hydrogen-bond donors (Lipinski definition) is 1. The molecule has 88 valence electrons. The molecule has 0 saturated carbocycles. The fraction of sp³-hybridized carbons (Fsp3) is 0.923. The van der Waals surface area contributed by atoms with E-state index >= 15 is 0 Å². The predicted octanol–water partition coefficient (Wildman–Crippen LogP) is 3.37. The highest BCUT2D eigenvalue weighted by molar-refractivity contribution is 5.82. The fourth-order valence-electron chi connectivity index (χ4n) is 1.93. The largest absolute Gasteiger partial charge is 0.371 e. The average Bonchev–Trinajstić information content (AvgIpc) is 2.43. The van der Waals surface area contributed by atoms with E-state index in [0.29, 0.717) is 6.04 Å². The van der Waals surface area contributed by atoms with Crippen LogP contribution in [0.15, 0.2) is 4.99 Å². The van der Waals surface area contributed by atoms with Gasteiger partial charge in [-0.25, -0.2) is 0 Å². The average molecular weight is 210 g/mol. The van der Waals surface area contributed by atoms with E-state index in [1.807, 2.05) is 0 Å². The van der Waals surface area contributed by atoms with Crippen molar-refractivity contribution in [2.45, 2.75) is 65.3 Å². The molecule has 1 aliphatic heterocycles. The van der Waals surface area contributed by atoms with E-state index < -0.39 is 0 Å². The Bertz CT molecular complexity index is 197. The van der Waals surface area contributed by atoms with Crippen LogP contribution in [0.1, 0.15) is 59.3 Å². The monoisotopic (exact) mass is 210 g/mol. The van der Waals surface area contributed by atoms with Crippen molar-refractivity contribution < 1.29 is 0 Å². The Hall–Kier alpha value is -0.530. The van der Waals surface area contributed by atoms with Crippen LogP contribution >= 0.6 is 0 Å². The third-order valence-corrected chi connectivity index (χ3v) is 2.96. The summed E-state index contributed by atoms with van der Waals surface area (Å²) in [5, 5.41) is 3.56. The topological polar surface area (TPSA) is 24.4 Å². The van der Waals surface area contributed by atoms with Gasteiger partial charge < -0.3 is 5.32 Å². The Kier molecular flexibility index (Phi) is 5.74. The standard InChI is InChI=1S/C13H26N2/c1-11(2)8-9-12(3)15-13-7-5-4-6-10-14-13/h11-12H,4-10H2,1-3H3,(H,14,15). The normalized spacial score (nSPS) is 19.6. The third-order valence-electron chi connectivity index (χ3n) is 2.96. The first-order valence-corrected chi connectivity index (χ1v) is 6.48. The number of nitrogens with one attached hydrogen (secondary N) is 1. The summed E-state index contributed by atoms with van der Waals surface area (Å²) in [6.07, 6.45) is 7.65. The Morgan fingerprint density at radius 3 is 2.67 bits per heavy atom. The lowest BCUT2D eigenvalue weighted by molar-refractivity contribution is 0.490. The number of aliphatic imine (C=N–C) groups is 1. The van der Waals surface area contributed by atoms with Crippen LogP contribution in [-0.4, -0.2) is 18.4 Å². The summed E-state index contributed by atoms with van der Waals surface area (Å²) in [5.74, 6) is 2.06. The maximum atomic E-state index is 4.60. The molecule has 1 aliphatic rings. The molecule has 15 heavy (non-hydrogen) atoms. The van der Waals surface area contributed by atoms with Gasteiger partial charge in [0.05, 0.1) is 5.84 Å². The van der Waals surface area contributed by atoms with E-state index in [-0.39, 0.29) is 0 Å². The first-order valence-electron chi connectivity index (χ1n) is 6.48. The summed E-state index contributed by atoms with van der Waals surface area (Å²) in [6, 6.07) is 0.587. The van der Waals surface area contributed by atoms with E-state index in [0.717, 1.165) is 18.9 Å². The number of amidine groups is 1. The Morgan fingerprint density at radius 1 is 1.13 bits per heavy atom. The molecule has 1 unspecified atom stereocenters. The molecule has 1 rings (SSSR count). The van der Waals surface area contributed by atoms with Crippen LogP contribution in [0.3, 0.4) is 0 Å². The zero-order valence-electron chi connectivity index (χ0n) is 10.6. The molecule has 2 nitrogen and oxygen atoms in total. The molecule has 0 bridgehead atoms. The van der Waals surface area contributed by atoms with Crippen LogP contribution in [0.4, 0.5) is 0 Å². The number of rotatable bonds is 4. The van der Waals surface area contributed by atoms with Crippen LogP contribution < -0.4 is 5.32 Å². The summed E-state index contributed by atoms with van der Waals surface area (Å²) in [7, 11) is 0. The third kappa shape index (κ3) is 5.81. The first-order chi connectivity index (χ1) is 7.18. The molecular weight excluding hydrogens is 184 g/mol. The highest BCUT2D eigenvalue weighted by atomic mass is 15.0. The van der Waals surface area contributed by atoms with Crippen LogP contribution in [0.5, 0.6) is 0 Å². The van der Waals surface area contributed by atoms with Gasteiger partial charge in [-0.3, -0.25) is 4.99 Å². The molecule has 0 aliphatic carbocycles. The highest BCUT2D eigenvalue weighted by Crippen LogP contribution is 2.09. The van der Waals surface area contributed by atoms with Crippen molar-refractivity contribution in [2.24, 2.45) is 10.9 Å². The minimum atomic E-state index is 0.587. The molecule has 0 aromatic heterocycles. The number of hydrogen-bond acceptors (Lipinski definition) is 2. The Labute approximate surface area is 94.6 Å². The smallest absolute Gasteiger partial charge is 0.0965 e. The fourth-order valence-corrected chi connectivity index (χ4v) is 1.93. The minimum Gasteiger partial charge on any atom is -0.371 e. The molecule has 0 aromatic carbocycles. The molecule has 1 N–H and O–H groups in total. The summed E-state index contributed by atoms with van der Waals surface area (Å²) in [6.45, 7) is 7.88. The van der Waals surface area contributed by atoms with Crippen LogP contribution in [0, 0.1) is 5.92 Å². The van der Waals surface area contributed by atoms with Crippen molar-refractivity contribution in [2.75, 3.05) is 6.54 Å². The van der Waals surface area contributed by atoms with Gasteiger partial charge in [0, 0.05) is 19.0 Å². The second-order valence-electron chi connectivity index (χ2n) is 5.16. The van der Waals surface area contributed by atoms with Crippen molar-refractivity contribution >= 4 is 5.84 Å². The van der Waals surface area contributed by atoms with E-state index in [2.05, 4.69) is 31.1 Å². The SMILES string of the molecule is CC(C)CCC(C)NC1=NCCCCC1. The van der Waals surface area contributed by atoms with Gasteiger partial charge in [0.2, 0.25) is 0 Å². The van der Waals surface area contributed by atoms with Crippen molar-refractivity contribution in [3.63, 3.8) is 0 Å². The van der Waals surface area contributed by atoms with E-state index in [1.165, 1.54) is 37.9 Å². The molecule has 0 amide bonds. The van der Waals surface area contributed by atoms with E-state index in [9.17, 15) is 0 Å². The van der Waals surface area contributed by atoms with Gasteiger partial charge in [-0.15, -0.1) is 0 Å². The summed E-state index contributed by atoms with van der Waals surface area (Å²) in [5.41, 5.74) is 0. The van der Waals surface area contributed by atoms with Gasteiger partial charge in [0.25, 0.3) is 0 Å². The maximum Gasteiger partial charge on any atom is 0.0965 e. The Balaban J connectivity index is 2.23. The lowest BCUT2D eigenvalue weighted by atomic mass is 10.0. The quantitative estimate of drug-likeness (QED) is 0.756. The van der Waals surface area contributed by atoms with Gasteiger partial charge in [-0.1, -0.05) is 20.3 Å². The summed E-state index contributed by atoms with van der Waals surface area (Å²) in [4.78, 5) is 4.60. The van der Waals surface area contributed by atoms with Crippen LogP contribution in [0.25, 0.3) is 0 Å². The summed E-state index contributed by atoms with van der Waals surface area (Å²) >= 11 is 0. The van der Waals surface area contributed by atoms with E-state index in [4.69, 9.17) is 0 Å². The molecule has 0 saturated heterocycles.